The molecule has 1 aromatic heterocycles. The highest BCUT2D eigenvalue weighted by Gasteiger charge is 2.16. The summed E-state index contributed by atoms with van der Waals surface area (Å²) in [6.07, 6.45) is 1.17. The average Bonchev–Trinajstić information content (AvgIpc) is 2.92. The maximum atomic E-state index is 5.39. The third kappa shape index (κ3) is 3.66. The van der Waals surface area contributed by atoms with Gasteiger partial charge in [-0.15, -0.1) is 11.3 Å². The molecule has 0 aliphatic heterocycles. The van der Waals surface area contributed by atoms with Crippen molar-refractivity contribution in [1.29, 1.82) is 0 Å². The Morgan fingerprint density at radius 1 is 1.30 bits per heavy atom. The van der Waals surface area contributed by atoms with Crippen molar-refractivity contribution >= 4 is 11.3 Å². The van der Waals surface area contributed by atoms with Crippen molar-refractivity contribution in [2.75, 3.05) is 13.7 Å². The van der Waals surface area contributed by atoms with E-state index in [1.54, 1.807) is 18.4 Å². The first-order valence-corrected chi connectivity index (χ1v) is 7.86. The van der Waals surface area contributed by atoms with Gasteiger partial charge < -0.3 is 10.1 Å². The van der Waals surface area contributed by atoms with E-state index >= 15 is 0 Å². The Morgan fingerprint density at radius 3 is 2.70 bits per heavy atom. The van der Waals surface area contributed by atoms with Crippen LogP contribution in [-0.2, 0) is 11.3 Å². The molecule has 2 aromatic rings. The predicted molar refractivity (Wildman–Crippen MR) is 85.0 cm³/mol. The van der Waals surface area contributed by atoms with Crippen molar-refractivity contribution < 1.29 is 4.74 Å². The van der Waals surface area contributed by atoms with Crippen molar-refractivity contribution in [2.24, 2.45) is 0 Å². The molecule has 3 nitrogen and oxygen atoms in total. The second-order valence-electron chi connectivity index (χ2n) is 4.75. The quantitative estimate of drug-likeness (QED) is 0.782. The molecule has 0 saturated carbocycles. The summed E-state index contributed by atoms with van der Waals surface area (Å²) in [6, 6.07) is 10.4. The van der Waals surface area contributed by atoms with Crippen molar-refractivity contribution in [3.63, 3.8) is 0 Å². The van der Waals surface area contributed by atoms with Gasteiger partial charge in [0.05, 0.1) is 10.6 Å². The molecule has 2 rings (SSSR count). The SMILES string of the molecule is CCCNCc1nc(C(C)OC)sc1-c1ccccc1. The summed E-state index contributed by atoms with van der Waals surface area (Å²) in [5.74, 6) is 0. The van der Waals surface area contributed by atoms with Crippen LogP contribution in [0.15, 0.2) is 30.3 Å². The molecule has 1 unspecified atom stereocenters. The van der Waals surface area contributed by atoms with Gasteiger partial charge >= 0.3 is 0 Å². The second-order valence-corrected chi connectivity index (χ2v) is 5.78. The number of nitrogens with one attached hydrogen (secondary N) is 1. The Labute approximate surface area is 125 Å². The number of ether oxygens (including phenoxy) is 1. The van der Waals surface area contributed by atoms with Gasteiger partial charge in [-0.05, 0) is 25.5 Å². The number of rotatable bonds is 7. The molecule has 0 fully saturated rings. The summed E-state index contributed by atoms with van der Waals surface area (Å²) in [6.45, 7) is 6.04. The Kier molecular flexibility index (Phi) is 5.71. The Balaban J connectivity index is 2.29. The largest absolute Gasteiger partial charge is 0.375 e. The van der Waals surface area contributed by atoms with E-state index in [0.717, 1.165) is 30.2 Å². The van der Waals surface area contributed by atoms with E-state index in [4.69, 9.17) is 9.72 Å². The fraction of sp³-hybridized carbons (Fsp3) is 0.438. The third-order valence-corrected chi connectivity index (χ3v) is 4.48. The summed E-state index contributed by atoms with van der Waals surface area (Å²) >= 11 is 1.73. The molecule has 0 bridgehead atoms. The van der Waals surface area contributed by atoms with Crippen LogP contribution >= 0.6 is 11.3 Å². The molecule has 0 aliphatic carbocycles. The van der Waals surface area contributed by atoms with E-state index in [9.17, 15) is 0 Å². The number of nitrogens with zero attached hydrogens (tertiary/aromatic N) is 1. The van der Waals surface area contributed by atoms with Gasteiger partial charge in [-0.25, -0.2) is 4.98 Å². The molecule has 1 N–H and O–H groups in total. The fourth-order valence-corrected chi connectivity index (χ4v) is 3.08. The summed E-state index contributed by atoms with van der Waals surface area (Å²) < 4.78 is 5.39. The number of hydrogen-bond acceptors (Lipinski definition) is 4. The van der Waals surface area contributed by atoms with Gasteiger partial charge in [0, 0.05) is 13.7 Å². The zero-order chi connectivity index (χ0) is 14.4. The lowest BCUT2D eigenvalue weighted by Crippen LogP contribution is -2.14. The van der Waals surface area contributed by atoms with Gasteiger partial charge in [0.1, 0.15) is 11.1 Å². The normalized spacial score (nSPS) is 12.6. The van der Waals surface area contributed by atoms with Crippen LogP contribution in [0.1, 0.15) is 37.1 Å². The van der Waals surface area contributed by atoms with Crippen molar-refractivity contribution in [3.05, 3.63) is 41.0 Å². The monoisotopic (exact) mass is 290 g/mol. The predicted octanol–water partition coefficient (Wildman–Crippen LogP) is 4.02. The summed E-state index contributed by atoms with van der Waals surface area (Å²) in [7, 11) is 1.73. The topological polar surface area (TPSA) is 34.2 Å². The van der Waals surface area contributed by atoms with Crippen LogP contribution in [0.3, 0.4) is 0 Å². The van der Waals surface area contributed by atoms with Crippen molar-refractivity contribution in [3.8, 4) is 10.4 Å². The Morgan fingerprint density at radius 2 is 2.05 bits per heavy atom. The molecule has 20 heavy (non-hydrogen) atoms. The highest BCUT2D eigenvalue weighted by molar-refractivity contribution is 7.15. The van der Waals surface area contributed by atoms with Crippen LogP contribution in [0.4, 0.5) is 0 Å². The van der Waals surface area contributed by atoms with Crippen LogP contribution in [0.25, 0.3) is 10.4 Å². The maximum absolute atomic E-state index is 5.39. The molecular weight excluding hydrogens is 268 g/mol. The minimum atomic E-state index is 0.0439. The van der Waals surface area contributed by atoms with Gasteiger partial charge in [0.2, 0.25) is 0 Å². The van der Waals surface area contributed by atoms with Gasteiger partial charge in [-0.2, -0.15) is 0 Å². The molecule has 1 heterocycles. The van der Waals surface area contributed by atoms with E-state index in [0.29, 0.717) is 0 Å². The highest BCUT2D eigenvalue weighted by atomic mass is 32.1. The molecule has 0 saturated heterocycles. The second kappa shape index (κ2) is 7.53. The lowest BCUT2D eigenvalue weighted by molar-refractivity contribution is 0.119. The third-order valence-electron chi connectivity index (χ3n) is 3.17. The van der Waals surface area contributed by atoms with E-state index in [1.807, 2.05) is 13.0 Å². The Hall–Kier alpha value is -1.23. The van der Waals surface area contributed by atoms with Gasteiger partial charge in [0.25, 0.3) is 0 Å². The molecule has 0 amide bonds. The summed E-state index contributed by atoms with van der Waals surface area (Å²) in [4.78, 5) is 6.00. The molecule has 1 atom stereocenters. The van der Waals surface area contributed by atoms with Gasteiger partial charge in [-0.3, -0.25) is 0 Å². The number of thiazole rings is 1. The first-order valence-electron chi connectivity index (χ1n) is 7.04. The molecule has 108 valence electrons. The van der Waals surface area contributed by atoms with Gasteiger partial charge in [0.15, 0.2) is 0 Å². The van der Waals surface area contributed by atoms with Gasteiger partial charge in [-0.1, -0.05) is 37.3 Å². The summed E-state index contributed by atoms with van der Waals surface area (Å²) in [5.41, 5.74) is 2.35. The van der Waals surface area contributed by atoms with E-state index in [-0.39, 0.29) is 6.10 Å². The van der Waals surface area contributed by atoms with Crippen molar-refractivity contribution in [2.45, 2.75) is 32.9 Å². The van der Waals surface area contributed by atoms with E-state index in [1.165, 1.54) is 10.4 Å². The van der Waals surface area contributed by atoms with Crippen LogP contribution in [-0.4, -0.2) is 18.6 Å². The molecule has 0 radical (unpaired) electrons. The minimum absolute atomic E-state index is 0.0439. The molecule has 0 aliphatic rings. The Bertz CT molecular complexity index is 525. The molecule has 1 aromatic carbocycles. The zero-order valence-electron chi connectivity index (χ0n) is 12.3. The maximum Gasteiger partial charge on any atom is 0.122 e. The fourth-order valence-electron chi connectivity index (χ4n) is 1.96. The first-order chi connectivity index (χ1) is 9.76. The lowest BCUT2D eigenvalue weighted by atomic mass is 10.1. The number of aromatic nitrogens is 1. The molecule has 0 spiro atoms. The van der Waals surface area contributed by atoms with Crippen LogP contribution in [0, 0.1) is 0 Å². The smallest absolute Gasteiger partial charge is 0.122 e. The number of benzene rings is 1. The first kappa shape index (κ1) is 15.2. The average molecular weight is 290 g/mol. The lowest BCUT2D eigenvalue weighted by Gasteiger charge is -2.04. The minimum Gasteiger partial charge on any atom is -0.375 e. The molecule has 4 heteroatoms. The van der Waals surface area contributed by atoms with E-state index in [2.05, 4.69) is 36.5 Å². The van der Waals surface area contributed by atoms with Crippen LogP contribution < -0.4 is 5.32 Å². The number of methoxy groups -OCH3 is 1. The van der Waals surface area contributed by atoms with Crippen molar-refractivity contribution in [1.82, 2.24) is 10.3 Å². The molecular formula is C16H22N2OS. The standard InChI is InChI=1S/C16H22N2OS/c1-4-10-17-11-14-15(13-8-6-5-7-9-13)20-16(18-14)12(2)19-3/h5-9,12,17H,4,10-11H2,1-3H3. The van der Waals surface area contributed by atoms with Crippen LogP contribution in [0.5, 0.6) is 0 Å². The van der Waals surface area contributed by atoms with E-state index < -0.39 is 0 Å². The zero-order valence-corrected chi connectivity index (χ0v) is 13.2. The number of hydrogen-bond donors (Lipinski definition) is 1. The summed E-state index contributed by atoms with van der Waals surface area (Å²) in [5, 5.41) is 4.48. The highest BCUT2D eigenvalue weighted by Crippen LogP contribution is 2.33. The van der Waals surface area contributed by atoms with Crippen LogP contribution in [0.2, 0.25) is 0 Å².